The van der Waals surface area contributed by atoms with Crippen LogP contribution in [0.1, 0.15) is 61.0 Å². The van der Waals surface area contributed by atoms with E-state index in [0.29, 0.717) is 10.7 Å². The minimum atomic E-state index is 0.352. The number of hydrogen-bond donors (Lipinski definition) is 0. The van der Waals surface area contributed by atoms with E-state index in [4.69, 9.17) is 4.74 Å². The predicted molar refractivity (Wildman–Crippen MR) is 95.1 cm³/mol. The molecule has 0 spiro atoms. The lowest BCUT2D eigenvalue weighted by Gasteiger charge is -2.26. The largest absolute Gasteiger partial charge is 0.496 e. The lowest BCUT2D eigenvalue weighted by molar-refractivity contribution is 0.391. The molecule has 1 rings (SSSR count). The van der Waals surface area contributed by atoms with Crippen molar-refractivity contribution in [1.29, 1.82) is 0 Å². The summed E-state index contributed by atoms with van der Waals surface area (Å²) in [7, 11) is 1.77. The van der Waals surface area contributed by atoms with Gasteiger partial charge in [-0.1, -0.05) is 65.0 Å². The first-order valence-corrected chi connectivity index (χ1v) is 9.16. The molecule has 0 fully saturated rings. The number of benzene rings is 1. The van der Waals surface area contributed by atoms with Crippen molar-refractivity contribution in [3.63, 3.8) is 0 Å². The number of halogens is 2. The van der Waals surface area contributed by atoms with Crippen molar-refractivity contribution >= 4 is 31.9 Å². The number of unbranched alkanes of at least 4 members (excludes halogenated alkanes) is 1. The van der Waals surface area contributed by atoms with Crippen LogP contribution in [0.3, 0.4) is 0 Å². The van der Waals surface area contributed by atoms with E-state index in [0.717, 1.165) is 5.75 Å². The molecule has 114 valence electrons. The molecule has 0 bridgehead atoms. The van der Waals surface area contributed by atoms with Gasteiger partial charge in [-0.2, -0.15) is 0 Å². The number of hydrogen-bond acceptors (Lipinski definition) is 1. The van der Waals surface area contributed by atoms with Crippen molar-refractivity contribution in [3.05, 3.63) is 27.2 Å². The fourth-order valence-corrected chi connectivity index (χ4v) is 4.48. The van der Waals surface area contributed by atoms with E-state index in [9.17, 15) is 0 Å². The average molecular weight is 406 g/mol. The number of aryl methyl sites for hydroxylation is 1. The lowest BCUT2D eigenvalue weighted by atomic mass is 9.88. The fourth-order valence-electron chi connectivity index (χ4n) is 2.74. The van der Waals surface area contributed by atoms with Crippen molar-refractivity contribution in [3.8, 4) is 5.75 Å². The third-order valence-electron chi connectivity index (χ3n) is 4.05. The smallest absolute Gasteiger partial charge is 0.126 e. The molecular weight excluding hydrogens is 380 g/mol. The van der Waals surface area contributed by atoms with E-state index in [1.54, 1.807) is 7.11 Å². The zero-order valence-corrected chi connectivity index (χ0v) is 16.4. The second-order valence-corrected chi connectivity index (χ2v) is 7.30. The monoisotopic (exact) mass is 404 g/mol. The van der Waals surface area contributed by atoms with Gasteiger partial charge in [0, 0.05) is 14.9 Å². The molecule has 0 aromatic heterocycles. The molecule has 0 saturated carbocycles. The maximum atomic E-state index is 5.68. The summed E-state index contributed by atoms with van der Waals surface area (Å²) in [4.78, 5) is 0.352. The maximum Gasteiger partial charge on any atom is 0.126 e. The van der Waals surface area contributed by atoms with E-state index in [1.807, 2.05) is 0 Å². The molecule has 2 unspecified atom stereocenters. The summed E-state index contributed by atoms with van der Waals surface area (Å²) < 4.78 is 6.85. The molecule has 0 aliphatic carbocycles. The highest BCUT2D eigenvalue weighted by Crippen LogP contribution is 2.45. The molecule has 1 aromatic rings. The van der Waals surface area contributed by atoms with Crippen molar-refractivity contribution in [2.45, 2.75) is 58.2 Å². The van der Waals surface area contributed by atoms with Gasteiger partial charge in [-0.15, -0.1) is 0 Å². The minimum absolute atomic E-state index is 0.352. The Morgan fingerprint density at radius 1 is 1.25 bits per heavy atom. The summed E-state index contributed by atoms with van der Waals surface area (Å²) in [6, 6.07) is 2.14. The van der Waals surface area contributed by atoms with Crippen LogP contribution >= 0.6 is 31.9 Å². The maximum absolute atomic E-state index is 5.68. The standard InChI is InChI=1S/C17H26Br2O/c1-6-8-9-13(7-2)16(19)15-12(4)14(18)10-11(3)17(15)20-5/h10,13,16H,6-9H2,1-5H3. The first kappa shape index (κ1) is 18.0. The van der Waals surface area contributed by atoms with Crippen LogP contribution in [0.4, 0.5) is 0 Å². The zero-order chi connectivity index (χ0) is 15.3. The van der Waals surface area contributed by atoms with Crippen LogP contribution in [0.2, 0.25) is 0 Å². The SMILES string of the molecule is CCCCC(CC)C(Br)c1c(C)c(Br)cc(C)c1OC. The molecule has 2 atom stereocenters. The Balaban J connectivity index is 3.22. The quantitative estimate of drug-likeness (QED) is 0.457. The van der Waals surface area contributed by atoms with Gasteiger partial charge in [0.05, 0.1) is 7.11 Å². The zero-order valence-electron chi connectivity index (χ0n) is 13.2. The van der Waals surface area contributed by atoms with Crippen molar-refractivity contribution in [2.24, 2.45) is 5.92 Å². The van der Waals surface area contributed by atoms with Crippen molar-refractivity contribution in [2.75, 3.05) is 7.11 Å². The Hall–Kier alpha value is -0.0200. The summed E-state index contributed by atoms with van der Waals surface area (Å²) in [5, 5.41) is 0. The minimum Gasteiger partial charge on any atom is -0.496 e. The average Bonchev–Trinajstić information content (AvgIpc) is 2.43. The van der Waals surface area contributed by atoms with Gasteiger partial charge in [0.25, 0.3) is 0 Å². The van der Waals surface area contributed by atoms with E-state index >= 15 is 0 Å². The summed E-state index contributed by atoms with van der Waals surface area (Å²) in [6.07, 6.45) is 4.99. The van der Waals surface area contributed by atoms with Crippen LogP contribution in [0, 0.1) is 19.8 Å². The van der Waals surface area contributed by atoms with Gasteiger partial charge in [-0.25, -0.2) is 0 Å². The number of alkyl halides is 1. The summed E-state index contributed by atoms with van der Waals surface area (Å²) >= 11 is 7.63. The molecule has 20 heavy (non-hydrogen) atoms. The summed E-state index contributed by atoms with van der Waals surface area (Å²) in [5.41, 5.74) is 3.78. The highest BCUT2D eigenvalue weighted by atomic mass is 79.9. The molecule has 0 heterocycles. The van der Waals surface area contributed by atoms with Crippen molar-refractivity contribution < 1.29 is 4.74 Å². The molecule has 0 N–H and O–H groups in total. The Labute approximate surface area is 140 Å². The fraction of sp³-hybridized carbons (Fsp3) is 0.647. The molecule has 0 aliphatic rings. The number of ether oxygens (including phenoxy) is 1. The van der Waals surface area contributed by atoms with Gasteiger partial charge in [0.15, 0.2) is 0 Å². The number of methoxy groups -OCH3 is 1. The second kappa shape index (κ2) is 8.43. The third-order valence-corrected chi connectivity index (χ3v) is 6.08. The highest BCUT2D eigenvalue weighted by Gasteiger charge is 2.25. The van der Waals surface area contributed by atoms with Crippen LogP contribution in [0.5, 0.6) is 5.75 Å². The van der Waals surface area contributed by atoms with E-state index in [-0.39, 0.29) is 0 Å². The van der Waals surface area contributed by atoms with Gasteiger partial charge in [-0.3, -0.25) is 0 Å². The van der Waals surface area contributed by atoms with Gasteiger partial charge in [-0.05, 0) is 43.4 Å². The first-order valence-electron chi connectivity index (χ1n) is 7.45. The van der Waals surface area contributed by atoms with E-state index in [1.165, 1.54) is 46.8 Å². The van der Waals surface area contributed by atoms with Gasteiger partial charge >= 0.3 is 0 Å². The molecule has 1 nitrogen and oxygen atoms in total. The van der Waals surface area contributed by atoms with Gasteiger partial charge in [0.1, 0.15) is 5.75 Å². The van der Waals surface area contributed by atoms with E-state index < -0.39 is 0 Å². The Bertz CT molecular complexity index is 443. The predicted octanol–water partition coefficient (Wildman–Crippen LogP) is 6.73. The van der Waals surface area contributed by atoms with Gasteiger partial charge in [0.2, 0.25) is 0 Å². The number of rotatable bonds is 7. The van der Waals surface area contributed by atoms with Crippen LogP contribution in [0.15, 0.2) is 10.5 Å². The van der Waals surface area contributed by atoms with E-state index in [2.05, 4.69) is 65.6 Å². The normalized spacial score (nSPS) is 14.2. The Kier molecular flexibility index (Phi) is 7.60. The molecule has 0 amide bonds. The van der Waals surface area contributed by atoms with Crippen LogP contribution in [0.25, 0.3) is 0 Å². The summed E-state index contributed by atoms with van der Waals surface area (Å²) in [6.45, 7) is 8.81. The van der Waals surface area contributed by atoms with Gasteiger partial charge < -0.3 is 4.74 Å². The molecule has 0 aliphatic heterocycles. The van der Waals surface area contributed by atoms with Crippen LogP contribution < -0.4 is 4.74 Å². The highest BCUT2D eigenvalue weighted by molar-refractivity contribution is 9.10. The van der Waals surface area contributed by atoms with Crippen LogP contribution in [-0.4, -0.2) is 7.11 Å². The Morgan fingerprint density at radius 2 is 1.90 bits per heavy atom. The van der Waals surface area contributed by atoms with Crippen molar-refractivity contribution in [1.82, 2.24) is 0 Å². The third kappa shape index (κ3) is 4.00. The van der Waals surface area contributed by atoms with Crippen LogP contribution in [-0.2, 0) is 0 Å². The summed E-state index contributed by atoms with van der Waals surface area (Å²) in [5.74, 6) is 1.68. The lowest BCUT2D eigenvalue weighted by Crippen LogP contribution is -2.11. The molecule has 0 radical (unpaired) electrons. The molecule has 0 saturated heterocycles. The topological polar surface area (TPSA) is 9.23 Å². The Morgan fingerprint density at radius 3 is 2.40 bits per heavy atom. The second-order valence-electron chi connectivity index (χ2n) is 5.46. The molecule has 1 aromatic carbocycles. The molecule has 3 heteroatoms. The molecular formula is C17H26Br2O. The first-order chi connectivity index (χ1) is 9.47.